The molecule has 0 bridgehead atoms. The molecule has 0 radical (unpaired) electrons. The summed E-state index contributed by atoms with van der Waals surface area (Å²) >= 11 is 6.09. The molecule has 1 aliphatic carbocycles. The Balaban J connectivity index is 2.26. The lowest BCUT2D eigenvalue weighted by molar-refractivity contribution is 0.530. The molecule has 0 spiro atoms. The summed E-state index contributed by atoms with van der Waals surface area (Å²) in [5.74, 6) is 0. The molecular weight excluding hydrogens is 308 g/mol. The van der Waals surface area contributed by atoms with Crippen molar-refractivity contribution < 1.29 is 8.42 Å². The lowest BCUT2D eigenvalue weighted by atomic mass is 10.1. The van der Waals surface area contributed by atoms with E-state index in [0.29, 0.717) is 18.1 Å². The van der Waals surface area contributed by atoms with E-state index in [-0.39, 0.29) is 10.3 Å². The highest BCUT2D eigenvalue weighted by Crippen LogP contribution is 2.44. The average Bonchev–Trinajstić information content (AvgIpc) is 3.16. The summed E-state index contributed by atoms with van der Waals surface area (Å²) in [5, 5.41) is 3.65. The van der Waals surface area contributed by atoms with E-state index in [9.17, 15) is 8.42 Å². The van der Waals surface area contributed by atoms with E-state index in [4.69, 9.17) is 11.6 Å². The molecule has 118 valence electrons. The first kappa shape index (κ1) is 16.7. The molecule has 21 heavy (non-hydrogen) atoms. The lowest BCUT2D eigenvalue weighted by Crippen LogP contribution is -2.30. The molecule has 0 aromatic heterocycles. The average molecular weight is 331 g/mol. The fraction of sp³-hybridized carbons (Fsp3) is 0.600. The fourth-order valence-electron chi connectivity index (χ4n) is 2.17. The summed E-state index contributed by atoms with van der Waals surface area (Å²) in [7, 11) is -3.52. The molecule has 4 nitrogen and oxygen atoms in total. The second kappa shape index (κ2) is 6.24. The molecule has 1 aromatic rings. The molecule has 0 saturated heterocycles. The number of sulfonamides is 1. The second-order valence-electron chi connectivity index (χ2n) is 6.10. The molecule has 2 rings (SSSR count). The molecule has 1 aliphatic rings. The van der Waals surface area contributed by atoms with Crippen molar-refractivity contribution in [1.82, 2.24) is 10.0 Å². The van der Waals surface area contributed by atoms with Gasteiger partial charge in [-0.25, -0.2) is 13.1 Å². The molecule has 0 aliphatic heterocycles. The quantitative estimate of drug-likeness (QED) is 0.808. The van der Waals surface area contributed by atoms with Gasteiger partial charge in [0.1, 0.15) is 0 Å². The van der Waals surface area contributed by atoms with Crippen molar-refractivity contribution in [3.63, 3.8) is 0 Å². The van der Waals surface area contributed by atoms with E-state index >= 15 is 0 Å². The van der Waals surface area contributed by atoms with Crippen molar-refractivity contribution in [2.24, 2.45) is 5.41 Å². The van der Waals surface area contributed by atoms with E-state index in [2.05, 4.69) is 17.0 Å². The molecule has 0 atom stereocenters. The van der Waals surface area contributed by atoms with Gasteiger partial charge in [-0.3, -0.25) is 0 Å². The maximum absolute atomic E-state index is 12.5. The monoisotopic (exact) mass is 330 g/mol. The van der Waals surface area contributed by atoms with Gasteiger partial charge in [0.2, 0.25) is 10.0 Å². The Morgan fingerprint density at radius 3 is 2.57 bits per heavy atom. The van der Waals surface area contributed by atoms with Crippen LogP contribution in [0.25, 0.3) is 0 Å². The minimum absolute atomic E-state index is 0.131. The van der Waals surface area contributed by atoms with Crippen molar-refractivity contribution in [3.05, 3.63) is 28.3 Å². The molecule has 0 heterocycles. The van der Waals surface area contributed by atoms with Crippen molar-refractivity contribution >= 4 is 21.6 Å². The molecule has 0 unspecified atom stereocenters. The standard InChI is InChI=1S/C15H23ClN2O2S/c1-4-17-9-12-7-13(16)8-14(11(12)2)21(19,20)18-10-15(3)5-6-15/h7-8,17-18H,4-6,9-10H2,1-3H3. The Morgan fingerprint density at radius 1 is 1.33 bits per heavy atom. The van der Waals surface area contributed by atoms with Gasteiger partial charge >= 0.3 is 0 Å². The van der Waals surface area contributed by atoms with Gasteiger partial charge < -0.3 is 5.32 Å². The zero-order chi connectivity index (χ0) is 15.7. The summed E-state index contributed by atoms with van der Waals surface area (Å²) in [5.41, 5.74) is 1.81. The first-order chi connectivity index (χ1) is 9.77. The number of hydrogen-bond donors (Lipinski definition) is 2. The minimum Gasteiger partial charge on any atom is -0.313 e. The SMILES string of the molecule is CCNCc1cc(Cl)cc(S(=O)(=O)NCC2(C)CC2)c1C. The molecule has 0 amide bonds. The van der Waals surface area contributed by atoms with Crippen molar-refractivity contribution in [1.29, 1.82) is 0 Å². The number of nitrogens with one attached hydrogen (secondary N) is 2. The Labute approximate surface area is 132 Å². The first-order valence-electron chi connectivity index (χ1n) is 7.27. The van der Waals surface area contributed by atoms with Gasteiger partial charge in [0.05, 0.1) is 4.90 Å². The van der Waals surface area contributed by atoms with Crippen molar-refractivity contribution in [2.45, 2.75) is 45.1 Å². The normalized spacial score (nSPS) is 17.0. The smallest absolute Gasteiger partial charge is 0.240 e. The number of halogens is 1. The van der Waals surface area contributed by atoms with E-state index in [1.165, 1.54) is 6.07 Å². The Morgan fingerprint density at radius 2 is 2.00 bits per heavy atom. The molecule has 1 fully saturated rings. The predicted molar refractivity (Wildman–Crippen MR) is 86.1 cm³/mol. The van der Waals surface area contributed by atoms with Crippen molar-refractivity contribution in [3.8, 4) is 0 Å². The molecular formula is C15H23ClN2O2S. The zero-order valence-corrected chi connectivity index (χ0v) is 14.4. The van der Waals surface area contributed by atoms with Crippen LogP contribution in [0, 0.1) is 12.3 Å². The summed E-state index contributed by atoms with van der Waals surface area (Å²) < 4.78 is 27.8. The van der Waals surface area contributed by atoms with Crippen LogP contribution in [0.1, 0.15) is 37.8 Å². The highest BCUT2D eigenvalue weighted by molar-refractivity contribution is 7.89. The largest absolute Gasteiger partial charge is 0.313 e. The van der Waals surface area contributed by atoms with Crippen LogP contribution in [0.5, 0.6) is 0 Å². The highest BCUT2D eigenvalue weighted by Gasteiger charge is 2.38. The zero-order valence-electron chi connectivity index (χ0n) is 12.8. The van der Waals surface area contributed by atoms with Crippen LogP contribution < -0.4 is 10.0 Å². The second-order valence-corrected chi connectivity index (χ2v) is 8.28. The Bertz CT molecular complexity index is 625. The maximum Gasteiger partial charge on any atom is 0.240 e. The topological polar surface area (TPSA) is 58.2 Å². The molecule has 1 aromatic carbocycles. The molecule has 1 saturated carbocycles. The Kier molecular flexibility index (Phi) is 4.98. The van der Waals surface area contributed by atoms with Crippen LogP contribution in [-0.4, -0.2) is 21.5 Å². The third-order valence-corrected chi connectivity index (χ3v) is 5.83. The third-order valence-electron chi connectivity index (χ3n) is 4.08. The number of rotatable bonds is 7. The van der Waals surface area contributed by atoms with Crippen LogP contribution in [0.4, 0.5) is 0 Å². The predicted octanol–water partition coefficient (Wildman–Crippen LogP) is 2.84. The number of hydrogen-bond acceptors (Lipinski definition) is 3. The van der Waals surface area contributed by atoms with Crippen LogP contribution in [0.3, 0.4) is 0 Å². The minimum atomic E-state index is -3.52. The van der Waals surface area contributed by atoms with Gasteiger partial charge in [-0.1, -0.05) is 25.4 Å². The summed E-state index contributed by atoms with van der Waals surface area (Å²) in [6.07, 6.45) is 2.16. The van der Waals surface area contributed by atoms with E-state index in [0.717, 1.165) is 30.5 Å². The van der Waals surface area contributed by atoms with Crippen LogP contribution >= 0.6 is 11.6 Å². The summed E-state index contributed by atoms with van der Waals surface area (Å²) in [4.78, 5) is 0.284. The van der Waals surface area contributed by atoms with Gasteiger partial charge in [-0.05, 0) is 55.0 Å². The summed E-state index contributed by atoms with van der Waals surface area (Å²) in [6.45, 7) is 7.86. The van der Waals surface area contributed by atoms with E-state index in [1.807, 2.05) is 19.9 Å². The Hall–Kier alpha value is -0.620. The van der Waals surface area contributed by atoms with Crippen LogP contribution in [0.15, 0.2) is 17.0 Å². The highest BCUT2D eigenvalue weighted by atomic mass is 35.5. The van der Waals surface area contributed by atoms with Gasteiger partial charge in [0, 0.05) is 18.1 Å². The third kappa shape index (κ3) is 4.19. The van der Waals surface area contributed by atoms with Gasteiger partial charge in [-0.15, -0.1) is 0 Å². The van der Waals surface area contributed by atoms with Gasteiger partial charge in [-0.2, -0.15) is 0 Å². The molecule has 6 heteroatoms. The van der Waals surface area contributed by atoms with Gasteiger partial charge in [0.25, 0.3) is 0 Å². The van der Waals surface area contributed by atoms with E-state index in [1.54, 1.807) is 0 Å². The molecule has 2 N–H and O–H groups in total. The van der Waals surface area contributed by atoms with Gasteiger partial charge in [0.15, 0.2) is 0 Å². The maximum atomic E-state index is 12.5. The first-order valence-corrected chi connectivity index (χ1v) is 9.13. The summed E-state index contributed by atoms with van der Waals surface area (Å²) in [6, 6.07) is 3.35. The van der Waals surface area contributed by atoms with E-state index < -0.39 is 10.0 Å². The van der Waals surface area contributed by atoms with Crippen LogP contribution in [-0.2, 0) is 16.6 Å². The van der Waals surface area contributed by atoms with Crippen LogP contribution in [0.2, 0.25) is 5.02 Å². The number of benzene rings is 1. The lowest BCUT2D eigenvalue weighted by Gasteiger charge is -2.15. The van der Waals surface area contributed by atoms with Crippen molar-refractivity contribution in [2.75, 3.05) is 13.1 Å². The fourth-order valence-corrected chi connectivity index (χ4v) is 3.98.